The van der Waals surface area contributed by atoms with E-state index in [1.807, 2.05) is 60.8 Å². The van der Waals surface area contributed by atoms with Crippen molar-refractivity contribution < 1.29 is 4.79 Å². The van der Waals surface area contributed by atoms with Crippen molar-refractivity contribution >= 4 is 28.9 Å². The first-order valence-electron chi connectivity index (χ1n) is 12.5. The average Bonchev–Trinajstić information content (AvgIpc) is 3.39. The lowest BCUT2D eigenvalue weighted by Crippen LogP contribution is -2.32. The number of rotatable bonds is 8. The minimum Gasteiger partial charge on any atom is -0.352 e. The zero-order valence-electron chi connectivity index (χ0n) is 21.1. The summed E-state index contributed by atoms with van der Waals surface area (Å²) >= 11 is 5.81. The number of hydrogen-bond donors (Lipinski definition) is 2. The zero-order valence-corrected chi connectivity index (χ0v) is 21.9. The minimum atomic E-state index is -0.114. The number of anilines is 1. The van der Waals surface area contributed by atoms with Gasteiger partial charge in [-0.25, -0.2) is 0 Å². The molecule has 37 heavy (non-hydrogen) atoms. The van der Waals surface area contributed by atoms with E-state index in [2.05, 4.69) is 69.3 Å². The number of pyridine rings is 1. The molecule has 2 N–H and O–H groups in total. The van der Waals surface area contributed by atoms with E-state index in [1.165, 1.54) is 22.5 Å². The van der Waals surface area contributed by atoms with Gasteiger partial charge in [-0.2, -0.15) is 0 Å². The second-order valence-electron chi connectivity index (χ2n) is 9.38. The number of nitrogens with one attached hydrogen (secondary N) is 2. The molecule has 0 spiro atoms. The molecule has 3 heterocycles. The average molecular weight is 510 g/mol. The molecule has 1 aliphatic rings. The second-order valence-corrected chi connectivity index (χ2v) is 9.77. The third kappa shape index (κ3) is 5.42. The lowest BCUT2D eigenvalue weighted by molar-refractivity contribution is -0.116. The number of amides is 1. The van der Waals surface area contributed by atoms with Crippen LogP contribution in [-0.4, -0.2) is 32.0 Å². The molecule has 0 saturated carbocycles. The number of benzene rings is 2. The highest BCUT2D eigenvalue weighted by atomic mass is 32.1. The summed E-state index contributed by atoms with van der Waals surface area (Å²) in [6, 6.07) is 28.0. The number of carbonyl (C=O) groups is 1. The largest absolute Gasteiger partial charge is 0.352 e. The first-order chi connectivity index (χ1) is 18.0. The monoisotopic (exact) mass is 509 g/mol. The van der Waals surface area contributed by atoms with Crippen LogP contribution in [-0.2, 0) is 11.3 Å². The summed E-state index contributed by atoms with van der Waals surface area (Å²) in [6.07, 6.45) is 2.14. The molecule has 7 heteroatoms. The van der Waals surface area contributed by atoms with Gasteiger partial charge >= 0.3 is 0 Å². The second kappa shape index (κ2) is 11.0. The van der Waals surface area contributed by atoms with Gasteiger partial charge in [0.2, 0.25) is 5.91 Å². The number of aromatic nitrogens is 2. The van der Waals surface area contributed by atoms with Gasteiger partial charge in [0, 0.05) is 42.8 Å². The molecule has 2 aromatic carbocycles. The molecule has 0 aliphatic carbocycles. The third-order valence-corrected chi connectivity index (χ3v) is 7.30. The van der Waals surface area contributed by atoms with Crippen molar-refractivity contribution in [1.82, 2.24) is 19.8 Å². The molecule has 2 aromatic heterocycles. The van der Waals surface area contributed by atoms with Gasteiger partial charge in [0.25, 0.3) is 0 Å². The lowest BCUT2D eigenvalue weighted by atomic mass is 9.96. The molecular formula is C30H31N5OS. The predicted molar refractivity (Wildman–Crippen MR) is 151 cm³/mol. The van der Waals surface area contributed by atoms with E-state index >= 15 is 0 Å². The fourth-order valence-corrected chi connectivity index (χ4v) is 5.42. The Bertz CT molecular complexity index is 1370. The fraction of sp³-hybridized carbons (Fsp3) is 0.233. The van der Waals surface area contributed by atoms with E-state index < -0.39 is 0 Å². The Morgan fingerprint density at radius 3 is 2.41 bits per heavy atom. The van der Waals surface area contributed by atoms with E-state index in [0.29, 0.717) is 18.1 Å². The normalized spacial score (nSPS) is 17.0. The summed E-state index contributed by atoms with van der Waals surface area (Å²) < 4.78 is 2.35. The van der Waals surface area contributed by atoms with Gasteiger partial charge in [0.15, 0.2) is 5.11 Å². The molecule has 1 aliphatic heterocycles. The SMILES string of the molecule is Cc1cc(C2C(c3ccccn3)NC(=S)N2CCC(=O)Nc2ccccc2)c(C)n1Cc1ccccc1. The molecule has 0 bridgehead atoms. The molecular weight excluding hydrogens is 478 g/mol. The van der Waals surface area contributed by atoms with Crippen LogP contribution in [0.15, 0.2) is 91.1 Å². The smallest absolute Gasteiger partial charge is 0.226 e. The van der Waals surface area contributed by atoms with E-state index in [1.54, 1.807) is 0 Å². The van der Waals surface area contributed by atoms with Crippen LogP contribution >= 0.6 is 12.2 Å². The number of para-hydroxylation sites is 1. The van der Waals surface area contributed by atoms with Gasteiger partial charge < -0.3 is 20.1 Å². The van der Waals surface area contributed by atoms with Crippen molar-refractivity contribution in [2.24, 2.45) is 0 Å². The third-order valence-electron chi connectivity index (χ3n) is 6.95. The van der Waals surface area contributed by atoms with Crippen LogP contribution in [0.5, 0.6) is 0 Å². The topological polar surface area (TPSA) is 62.2 Å². The van der Waals surface area contributed by atoms with Crippen LogP contribution in [0.25, 0.3) is 0 Å². The van der Waals surface area contributed by atoms with Crippen LogP contribution in [0.1, 0.15) is 46.7 Å². The molecule has 2 unspecified atom stereocenters. The minimum absolute atomic E-state index is 0.0383. The quantitative estimate of drug-likeness (QED) is 0.305. The van der Waals surface area contributed by atoms with Crippen LogP contribution in [0.2, 0.25) is 0 Å². The fourth-order valence-electron chi connectivity index (χ4n) is 5.09. The Kier molecular flexibility index (Phi) is 7.32. The molecule has 188 valence electrons. The van der Waals surface area contributed by atoms with E-state index in [4.69, 9.17) is 12.2 Å². The van der Waals surface area contributed by atoms with Gasteiger partial charge in [0.05, 0.1) is 17.8 Å². The van der Waals surface area contributed by atoms with Crippen LogP contribution < -0.4 is 10.6 Å². The molecule has 1 fully saturated rings. The van der Waals surface area contributed by atoms with Crippen molar-refractivity contribution in [2.45, 2.75) is 38.9 Å². The van der Waals surface area contributed by atoms with Crippen molar-refractivity contribution in [2.75, 3.05) is 11.9 Å². The molecule has 0 radical (unpaired) electrons. The maximum atomic E-state index is 12.8. The van der Waals surface area contributed by atoms with Gasteiger partial charge in [-0.05, 0) is 67.5 Å². The Morgan fingerprint density at radius 2 is 1.70 bits per heavy atom. The molecule has 5 rings (SSSR count). The Labute approximate surface area is 223 Å². The van der Waals surface area contributed by atoms with Crippen LogP contribution in [0, 0.1) is 13.8 Å². The van der Waals surface area contributed by atoms with E-state index in [9.17, 15) is 4.79 Å². The summed E-state index contributed by atoms with van der Waals surface area (Å²) in [5.41, 5.74) is 6.56. The zero-order chi connectivity index (χ0) is 25.8. The number of thiocarbonyl (C=S) groups is 1. The highest BCUT2D eigenvalue weighted by molar-refractivity contribution is 7.80. The predicted octanol–water partition coefficient (Wildman–Crippen LogP) is 5.55. The first kappa shape index (κ1) is 24.7. The van der Waals surface area contributed by atoms with Crippen molar-refractivity contribution in [1.29, 1.82) is 0 Å². The maximum absolute atomic E-state index is 12.8. The van der Waals surface area contributed by atoms with Crippen molar-refractivity contribution in [3.8, 4) is 0 Å². The molecule has 1 saturated heterocycles. The maximum Gasteiger partial charge on any atom is 0.226 e. The molecule has 4 aromatic rings. The van der Waals surface area contributed by atoms with Gasteiger partial charge in [-0.15, -0.1) is 0 Å². The summed E-state index contributed by atoms with van der Waals surface area (Å²) in [6.45, 7) is 5.62. The van der Waals surface area contributed by atoms with E-state index in [0.717, 1.165) is 17.9 Å². The van der Waals surface area contributed by atoms with Gasteiger partial charge in [-0.3, -0.25) is 9.78 Å². The van der Waals surface area contributed by atoms with Gasteiger partial charge in [-0.1, -0.05) is 54.6 Å². The van der Waals surface area contributed by atoms with Crippen LogP contribution in [0.3, 0.4) is 0 Å². The standard InChI is InChI=1S/C30H31N5OS/c1-21-19-25(22(2)35(21)20-23-11-5-3-6-12-23)29-28(26-15-9-10-17-31-26)33-30(37)34(29)18-16-27(36)32-24-13-7-4-8-14-24/h3-15,17,19,28-29H,16,18,20H2,1-2H3,(H,32,36)(H,33,37). The number of aryl methyl sites for hydroxylation is 1. The Morgan fingerprint density at radius 1 is 1.00 bits per heavy atom. The van der Waals surface area contributed by atoms with E-state index in [-0.39, 0.29) is 18.0 Å². The van der Waals surface area contributed by atoms with Crippen molar-refractivity contribution in [3.05, 3.63) is 119 Å². The molecule has 1 amide bonds. The Hall–Kier alpha value is -3.97. The molecule has 2 atom stereocenters. The number of carbonyl (C=O) groups excluding carboxylic acids is 1. The summed E-state index contributed by atoms with van der Waals surface area (Å²) in [5, 5.41) is 7.13. The number of hydrogen-bond acceptors (Lipinski definition) is 3. The summed E-state index contributed by atoms with van der Waals surface area (Å²) in [4.78, 5) is 19.6. The van der Waals surface area contributed by atoms with Crippen molar-refractivity contribution in [3.63, 3.8) is 0 Å². The summed E-state index contributed by atoms with van der Waals surface area (Å²) in [7, 11) is 0. The molecule has 6 nitrogen and oxygen atoms in total. The lowest BCUT2D eigenvalue weighted by Gasteiger charge is -2.28. The van der Waals surface area contributed by atoms with Gasteiger partial charge in [0.1, 0.15) is 0 Å². The highest BCUT2D eigenvalue weighted by Gasteiger charge is 2.41. The summed E-state index contributed by atoms with van der Waals surface area (Å²) in [5.74, 6) is -0.0383. The first-order valence-corrected chi connectivity index (χ1v) is 13.0. The number of nitrogens with zero attached hydrogens (tertiary/aromatic N) is 3. The van der Waals surface area contributed by atoms with Crippen LogP contribution in [0.4, 0.5) is 5.69 Å². The Balaban J connectivity index is 1.44. The highest BCUT2D eigenvalue weighted by Crippen LogP contribution is 2.41.